The molecule has 1 unspecified atom stereocenters. The van der Waals surface area contributed by atoms with E-state index in [1.54, 1.807) is 17.5 Å². The number of benzene rings is 1. The molecule has 1 aliphatic carbocycles. The van der Waals surface area contributed by atoms with E-state index in [-0.39, 0.29) is 11.9 Å². The molecular formula is C26H29ClN4OS. The number of carbonyl (C=O) groups is 1. The Kier molecular flexibility index (Phi) is 6.39. The molecule has 2 fully saturated rings. The molecule has 1 saturated heterocycles. The molecule has 5 rings (SSSR count). The van der Waals surface area contributed by atoms with Crippen molar-refractivity contribution in [2.24, 2.45) is 5.41 Å². The molecule has 0 radical (unpaired) electrons. The third-order valence-corrected chi connectivity index (χ3v) is 8.38. The molecule has 1 N–H and O–H groups in total. The van der Waals surface area contributed by atoms with Gasteiger partial charge in [0.2, 0.25) is 0 Å². The van der Waals surface area contributed by atoms with Crippen LogP contribution in [0.15, 0.2) is 48.7 Å². The lowest BCUT2D eigenvalue weighted by molar-refractivity contribution is 0.0389. The summed E-state index contributed by atoms with van der Waals surface area (Å²) >= 11 is 7.59. The molecule has 1 saturated carbocycles. The van der Waals surface area contributed by atoms with E-state index in [2.05, 4.69) is 27.3 Å². The molecule has 1 spiro atoms. The fourth-order valence-electron chi connectivity index (χ4n) is 5.48. The Hall–Kier alpha value is -2.44. The summed E-state index contributed by atoms with van der Waals surface area (Å²) in [5, 5.41) is 4.99. The van der Waals surface area contributed by atoms with E-state index < -0.39 is 0 Å². The first-order chi connectivity index (χ1) is 16.0. The number of nitrogens with zero attached hydrogens (tertiary/aromatic N) is 3. The lowest BCUT2D eigenvalue weighted by Gasteiger charge is -2.45. The maximum atomic E-state index is 13.9. The molecule has 2 aromatic heterocycles. The number of carbonyl (C=O) groups excluding carboxylic acids is 1. The van der Waals surface area contributed by atoms with Gasteiger partial charge in [-0.05, 0) is 55.7 Å². The van der Waals surface area contributed by atoms with E-state index >= 15 is 0 Å². The minimum absolute atomic E-state index is 0.0434. The Balaban J connectivity index is 1.41. The number of rotatable bonds is 5. The fraction of sp³-hybridized carbons (Fsp3) is 0.423. The maximum Gasteiger partial charge on any atom is 0.274 e. The molecule has 1 aliphatic heterocycles. The van der Waals surface area contributed by atoms with E-state index in [1.807, 2.05) is 37.3 Å². The van der Waals surface area contributed by atoms with Gasteiger partial charge < -0.3 is 10.2 Å². The van der Waals surface area contributed by atoms with Crippen molar-refractivity contribution in [1.82, 2.24) is 14.9 Å². The summed E-state index contributed by atoms with van der Waals surface area (Å²) in [6.07, 6.45) is 8.91. The van der Waals surface area contributed by atoms with Crippen LogP contribution in [0.1, 0.15) is 54.0 Å². The highest BCUT2D eigenvalue weighted by molar-refractivity contribution is 7.15. The number of hydrogen-bond acceptors (Lipinski definition) is 5. The van der Waals surface area contributed by atoms with Crippen molar-refractivity contribution in [1.29, 1.82) is 0 Å². The van der Waals surface area contributed by atoms with Gasteiger partial charge in [0.15, 0.2) is 0 Å². The summed E-state index contributed by atoms with van der Waals surface area (Å²) in [6.45, 7) is 3.43. The number of halogens is 1. The van der Waals surface area contributed by atoms with Crippen LogP contribution in [0, 0.1) is 12.3 Å². The predicted octanol–water partition coefficient (Wildman–Crippen LogP) is 6.44. The molecule has 172 valence electrons. The number of thiazole rings is 1. The SMILES string of the molecule is Cc1nc(C(=O)N2CCC3(CCCC3)CC2CNc2ccc(Cl)cn2)c(-c2ccccc2)s1. The van der Waals surface area contributed by atoms with Crippen molar-refractivity contribution in [2.45, 2.75) is 51.5 Å². The largest absolute Gasteiger partial charge is 0.368 e. The van der Waals surface area contributed by atoms with E-state index in [1.165, 1.54) is 25.7 Å². The van der Waals surface area contributed by atoms with Crippen LogP contribution < -0.4 is 5.32 Å². The first-order valence-electron chi connectivity index (χ1n) is 11.7. The normalized spacial score (nSPS) is 19.7. The molecule has 2 aliphatic rings. The number of piperidine rings is 1. The van der Waals surface area contributed by atoms with Gasteiger partial charge in [-0.3, -0.25) is 4.79 Å². The average molecular weight is 481 g/mol. The Morgan fingerprint density at radius 3 is 2.70 bits per heavy atom. The minimum Gasteiger partial charge on any atom is -0.368 e. The standard InChI is InChI=1S/C26H29ClN4OS/c1-18-30-23(24(33-18)19-7-3-2-4-8-19)25(32)31-14-13-26(11-5-6-12-26)15-21(31)17-29-22-10-9-20(27)16-28-22/h2-4,7-10,16,21H,5-6,11-15,17H2,1H3,(H,28,29). The Morgan fingerprint density at radius 2 is 1.97 bits per heavy atom. The zero-order valence-corrected chi connectivity index (χ0v) is 20.5. The number of hydrogen-bond donors (Lipinski definition) is 1. The van der Waals surface area contributed by atoms with Gasteiger partial charge in [0.25, 0.3) is 5.91 Å². The number of amides is 1. The van der Waals surface area contributed by atoms with Gasteiger partial charge in [-0.25, -0.2) is 9.97 Å². The minimum atomic E-state index is 0.0434. The second-order valence-electron chi connectivity index (χ2n) is 9.33. The molecule has 33 heavy (non-hydrogen) atoms. The summed E-state index contributed by atoms with van der Waals surface area (Å²) in [7, 11) is 0. The molecule has 5 nitrogen and oxygen atoms in total. The first kappa shape index (κ1) is 22.4. The zero-order valence-electron chi connectivity index (χ0n) is 18.9. The number of nitrogens with one attached hydrogen (secondary N) is 1. The highest BCUT2D eigenvalue weighted by atomic mass is 35.5. The summed E-state index contributed by atoms with van der Waals surface area (Å²) in [5.74, 6) is 0.828. The lowest BCUT2D eigenvalue weighted by Crippen LogP contribution is -2.52. The van der Waals surface area contributed by atoms with Crippen LogP contribution in [0.5, 0.6) is 0 Å². The smallest absolute Gasteiger partial charge is 0.274 e. The summed E-state index contributed by atoms with van der Waals surface area (Å²) < 4.78 is 0. The molecule has 3 aromatic rings. The highest BCUT2D eigenvalue weighted by Crippen LogP contribution is 2.48. The number of aryl methyl sites for hydroxylation is 1. The van der Waals surface area contributed by atoms with Crippen molar-refractivity contribution in [3.05, 3.63) is 64.4 Å². The van der Waals surface area contributed by atoms with Crippen LogP contribution >= 0.6 is 22.9 Å². The summed E-state index contributed by atoms with van der Waals surface area (Å²) in [5.41, 5.74) is 2.01. The van der Waals surface area contributed by atoms with E-state index in [9.17, 15) is 4.79 Å². The number of aromatic nitrogens is 2. The van der Waals surface area contributed by atoms with Crippen molar-refractivity contribution in [2.75, 3.05) is 18.4 Å². The van der Waals surface area contributed by atoms with Gasteiger partial charge >= 0.3 is 0 Å². The first-order valence-corrected chi connectivity index (χ1v) is 12.9. The third kappa shape index (κ3) is 4.78. The number of anilines is 1. The third-order valence-electron chi connectivity index (χ3n) is 7.14. The maximum absolute atomic E-state index is 13.9. The van der Waals surface area contributed by atoms with Crippen LogP contribution in [0.2, 0.25) is 5.02 Å². The molecule has 7 heteroatoms. The van der Waals surface area contributed by atoms with Gasteiger partial charge in [0, 0.05) is 25.3 Å². The van der Waals surface area contributed by atoms with E-state index in [0.29, 0.717) is 22.7 Å². The Bertz CT molecular complexity index is 1110. The number of pyridine rings is 1. The van der Waals surface area contributed by atoms with Crippen LogP contribution in [-0.2, 0) is 0 Å². The molecule has 1 atom stereocenters. The van der Waals surface area contributed by atoms with Crippen LogP contribution in [0.3, 0.4) is 0 Å². The van der Waals surface area contributed by atoms with Gasteiger partial charge in [0.05, 0.1) is 14.9 Å². The van der Waals surface area contributed by atoms with E-state index in [4.69, 9.17) is 16.6 Å². The molecular weight excluding hydrogens is 452 g/mol. The quantitative estimate of drug-likeness (QED) is 0.456. The average Bonchev–Trinajstić information content (AvgIpc) is 3.45. The Morgan fingerprint density at radius 1 is 1.18 bits per heavy atom. The second-order valence-corrected chi connectivity index (χ2v) is 11.0. The highest BCUT2D eigenvalue weighted by Gasteiger charge is 2.43. The molecule has 0 bridgehead atoms. The molecule has 1 aromatic carbocycles. The molecule has 3 heterocycles. The van der Waals surface area contributed by atoms with Crippen LogP contribution in [-0.4, -0.2) is 39.9 Å². The zero-order chi connectivity index (χ0) is 22.8. The van der Waals surface area contributed by atoms with Crippen molar-refractivity contribution < 1.29 is 4.79 Å². The van der Waals surface area contributed by atoms with Gasteiger partial charge in [0.1, 0.15) is 11.5 Å². The van der Waals surface area contributed by atoms with Crippen molar-refractivity contribution >= 4 is 34.7 Å². The Labute approximate surface area is 204 Å². The molecule has 1 amide bonds. The monoisotopic (exact) mass is 480 g/mol. The summed E-state index contributed by atoms with van der Waals surface area (Å²) in [4.78, 5) is 26.0. The predicted molar refractivity (Wildman–Crippen MR) is 135 cm³/mol. The van der Waals surface area contributed by atoms with Crippen molar-refractivity contribution in [3.8, 4) is 10.4 Å². The van der Waals surface area contributed by atoms with Crippen LogP contribution in [0.4, 0.5) is 5.82 Å². The van der Waals surface area contributed by atoms with E-state index in [0.717, 1.165) is 40.7 Å². The topological polar surface area (TPSA) is 58.1 Å². The fourth-order valence-corrected chi connectivity index (χ4v) is 6.50. The van der Waals surface area contributed by atoms with Gasteiger partial charge in [-0.15, -0.1) is 11.3 Å². The summed E-state index contributed by atoms with van der Waals surface area (Å²) in [6, 6.07) is 14.0. The van der Waals surface area contributed by atoms with Gasteiger partial charge in [-0.2, -0.15) is 0 Å². The van der Waals surface area contributed by atoms with Gasteiger partial charge in [-0.1, -0.05) is 54.8 Å². The second kappa shape index (κ2) is 9.43. The van der Waals surface area contributed by atoms with Crippen molar-refractivity contribution in [3.63, 3.8) is 0 Å². The number of likely N-dealkylation sites (tertiary alicyclic amines) is 1. The van der Waals surface area contributed by atoms with Crippen LogP contribution in [0.25, 0.3) is 10.4 Å². The lowest BCUT2D eigenvalue weighted by atomic mass is 9.74.